The van der Waals surface area contributed by atoms with Crippen LogP contribution in [0.25, 0.3) is 6.08 Å². The quantitative estimate of drug-likeness (QED) is 0.816. The number of fused-ring (bicyclic) bond motifs is 2. The summed E-state index contributed by atoms with van der Waals surface area (Å²) in [6, 6.07) is 17.2. The molecule has 0 spiro atoms. The van der Waals surface area contributed by atoms with Gasteiger partial charge in [0.25, 0.3) is 0 Å². The molecule has 1 heterocycles. The van der Waals surface area contributed by atoms with Crippen LogP contribution >= 0.6 is 0 Å². The minimum atomic E-state index is -0.503. The van der Waals surface area contributed by atoms with Gasteiger partial charge in [0.1, 0.15) is 6.61 Å². The lowest BCUT2D eigenvalue weighted by molar-refractivity contribution is -0.148. The van der Waals surface area contributed by atoms with Crippen molar-refractivity contribution in [3.05, 3.63) is 76.9 Å². The standard InChI is InChI=1S/C20H16O4/c21-19-16-10-14-8-4-5-9-15(14)18(17(16)12-24-19)20(22)23-11-13-6-2-1-3-7-13/h1-10,17-18H,11-12H2/t17-,18-/m1/s1. The summed E-state index contributed by atoms with van der Waals surface area (Å²) < 4.78 is 10.7. The van der Waals surface area contributed by atoms with Crippen molar-refractivity contribution >= 4 is 18.0 Å². The molecular formula is C20H16O4. The highest BCUT2D eigenvalue weighted by Gasteiger charge is 2.44. The van der Waals surface area contributed by atoms with Gasteiger partial charge in [-0.15, -0.1) is 0 Å². The number of ether oxygens (including phenoxy) is 2. The second-order valence-electron chi connectivity index (χ2n) is 6.00. The first-order valence-corrected chi connectivity index (χ1v) is 7.92. The predicted octanol–water partition coefficient (Wildman–Crippen LogP) is 3.08. The van der Waals surface area contributed by atoms with Crippen LogP contribution in [0.4, 0.5) is 0 Å². The van der Waals surface area contributed by atoms with Gasteiger partial charge in [0.05, 0.1) is 12.5 Å². The molecule has 0 N–H and O–H groups in total. The molecule has 120 valence electrons. The molecule has 0 bridgehead atoms. The summed E-state index contributed by atoms with van der Waals surface area (Å²) in [4.78, 5) is 24.7. The van der Waals surface area contributed by atoms with E-state index in [4.69, 9.17) is 9.47 Å². The molecule has 1 aliphatic heterocycles. The fourth-order valence-corrected chi connectivity index (χ4v) is 3.35. The van der Waals surface area contributed by atoms with Gasteiger partial charge in [-0.25, -0.2) is 4.79 Å². The minimum absolute atomic E-state index is 0.221. The van der Waals surface area contributed by atoms with E-state index >= 15 is 0 Å². The maximum atomic E-state index is 12.8. The predicted molar refractivity (Wildman–Crippen MR) is 87.8 cm³/mol. The van der Waals surface area contributed by atoms with Gasteiger partial charge in [0, 0.05) is 11.5 Å². The van der Waals surface area contributed by atoms with Gasteiger partial charge >= 0.3 is 11.9 Å². The Morgan fingerprint density at radius 3 is 2.67 bits per heavy atom. The third kappa shape index (κ3) is 2.50. The molecular weight excluding hydrogens is 304 g/mol. The second kappa shape index (κ2) is 5.96. The highest BCUT2D eigenvalue weighted by molar-refractivity contribution is 6.00. The summed E-state index contributed by atoms with van der Waals surface area (Å²) in [6.45, 7) is 0.447. The maximum absolute atomic E-state index is 12.8. The average Bonchev–Trinajstić information content (AvgIpc) is 2.99. The molecule has 24 heavy (non-hydrogen) atoms. The van der Waals surface area contributed by atoms with Crippen molar-refractivity contribution in [2.75, 3.05) is 6.61 Å². The van der Waals surface area contributed by atoms with Gasteiger partial charge in [-0.05, 0) is 22.8 Å². The third-order valence-electron chi connectivity index (χ3n) is 4.55. The Bertz CT molecular complexity index is 823. The van der Waals surface area contributed by atoms with Crippen molar-refractivity contribution in [3.63, 3.8) is 0 Å². The monoisotopic (exact) mass is 320 g/mol. The number of benzene rings is 2. The highest BCUT2D eigenvalue weighted by Crippen LogP contribution is 2.42. The third-order valence-corrected chi connectivity index (χ3v) is 4.55. The van der Waals surface area contributed by atoms with Crippen LogP contribution in [-0.2, 0) is 25.7 Å². The van der Waals surface area contributed by atoms with Crippen molar-refractivity contribution in [1.82, 2.24) is 0 Å². The molecule has 0 unspecified atom stereocenters. The Kier molecular flexibility index (Phi) is 3.65. The van der Waals surface area contributed by atoms with E-state index in [9.17, 15) is 9.59 Å². The van der Waals surface area contributed by atoms with E-state index in [-0.39, 0.29) is 31.1 Å². The zero-order chi connectivity index (χ0) is 16.5. The molecule has 0 radical (unpaired) electrons. The molecule has 0 amide bonds. The fourth-order valence-electron chi connectivity index (χ4n) is 3.35. The van der Waals surface area contributed by atoms with Crippen LogP contribution in [0.2, 0.25) is 0 Å². The molecule has 1 fully saturated rings. The van der Waals surface area contributed by atoms with Crippen LogP contribution in [0.5, 0.6) is 0 Å². The van der Waals surface area contributed by atoms with Crippen molar-refractivity contribution < 1.29 is 19.1 Å². The van der Waals surface area contributed by atoms with Crippen LogP contribution in [0.15, 0.2) is 60.2 Å². The van der Waals surface area contributed by atoms with Crippen LogP contribution in [0.1, 0.15) is 22.6 Å². The van der Waals surface area contributed by atoms with E-state index in [1.54, 1.807) is 0 Å². The van der Waals surface area contributed by atoms with E-state index in [0.29, 0.717) is 5.57 Å². The Labute approximate surface area is 139 Å². The van der Waals surface area contributed by atoms with Crippen LogP contribution in [-0.4, -0.2) is 18.5 Å². The van der Waals surface area contributed by atoms with Gasteiger partial charge in [0.15, 0.2) is 0 Å². The maximum Gasteiger partial charge on any atom is 0.334 e. The Hall–Kier alpha value is -2.88. The first kappa shape index (κ1) is 14.7. The number of rotatable bonds is 3. The normalized spacial score (nSPS) is 21.3. The minimum Gasteiger partial charge on any atom is -0.462 e. The molecule has 4 nitrogen and oxygen atoms in total. The van der Waals surface area contributed by atoms with E-state index in [1.165, 1.54) is 0 Å². The van der Waals surface area contributed by atoms with Crippen molar-refractivity contribution in [1.29, 1.82) is 0 Å². The number of hydrogen-bond donors (Lipinski definition) is 0. The Morgan fingerprint density at radius 1 is 1.08 bits per heavy atom. The van der Waals surface area contributed by atoms with E-state index in [0.717, 1.165) is 16.7 Å². The van der Waals surface area contributed by atoms with Crippen LogP contribution in [0, 0.1) is 5.92 Å². The SMILES string of the molecule is O=C1OC[C@@H]2C1=Cc1ccccc1[C@H]2C(=O)OCc1ccccc1. The van der Waals surface area contributed by atoms with Crippen molar-refractivity contribution in [3.8, 4) is 0 Å². The van der Waals surface area contributed by atoms with Gasteiger partial charge in [-0.2, -0.15) is 0 Å². The van der Waals surface area contributed by atoms with Gasteiger partial charge in [-0.3, -0.25) is 4.79 Å². The van der Waals surface area contributed by atoms with Crippen LogP contribution in [0.3, 0.4) is 0 Å². The summed E-state index contributed by atoms with van der Waals surface area (Å²) in [5.41, 5.74) is 3.27. The molecule has 0 saturated carbocycles. The summed E-state index contributed by atoms with van der Waals surface area (Å²) in [5, 5.41) is 0. The molecule has 4 rings (SSSR count). The highest BCUT2D eigenvalue weighted by atomic mass is 16.5. The van der Waals surface area contributed by atoms with Crippen molar-refractivity contribution in [2.24, 2.45) is 5.92 Å². The molecule has 1 aliphatic carbocycles. The first-order valence-electron chi connectivity index (χ1n) is 7.92. The molecule has 2 aromatic carbocycles. The summed E-state index contributed by atoms with van der Waals surface area (Å²) in [6.07, 6.45) is 1.83. The zero-order valence-electron chi connectivity index (χ0n) is 13.0. The number of hydrogen-bond acceptors (Lipinski definition) is 4. The number of carbonyl (C=O) groups is 2. The van der Waals surface area contributed by atoms with Gasteiger partial charge in [-0.1, -0.05) is 54.6 Å². The average molecular weight is 320 g/mol. The summed E-state index contributed by atoms with van der Waals surface area (Å²) in [7, 11) is 0. The molecule has 2 aliphatic rings. The fraction of sp³-hybridized carbons (Fsp3) is 0.200. The molecule has 1 saturated heterocycles. The largest absolute Gasteiger partial charge is 0.462 e. The smallest absolute Gasteiger partial charge is 0.334 e. The molecule has 2 aromatic rings. The zero-order valence-corrected chi connectivity index (χ0v) is 13.0. The topological polar surface area (TPSA) is 52.6 Å². The van der Waals surface area contributed by atoms with E-state index in [2.05, 4.69) is 0 Å². The number of esters is 2. The van der Waals surface area contributed by atoms with E-state index < -0.39 is 5.92 Å². The molecule has 4 heteroatoms. The lowest BCUT2D eigenvalue weighted by Crippen LogP contribution is -2.28. The lowest BCUT2D eigenvalue weighted by atomic mass is 9.76. The summed E-state index contributed by atoms with van der Waals surface area (Å²) in [5.74, 6) is -1.43. The first-order chi connectivity index (χ1) is 11.7. The Morgan fingerprint density at radius 2 is 1.83 bits per heavy atom. The van der Waals surface area contributed by atoms with Crippen molar-refractivity contribution in [2.45, 2.75) is 12.5 Å². The lowest BCUT2D eigenvalue weighted by Gasteiger charge is -2.26. The Balaban J connectivity index is 1.62. The summed E-state index contributed by atoms with van der Waals surface area (Å²) >= 11 is 0. The van der Waals surface area contributed by atoms with Gasteiger partial charge < -0.3 is 9.47 Å². The second-order valence-corrected chi connectivity index (χ2v) is 6.00. The van der Waals surface area contributed by atoms with Gasteiger partial charge in [0.2, 0.25) is 0 Å². The number of carbonyl (C=O) groups excluding carboxylic acids is 2. The number of cyclic esters (lactones) is 1. The van der Waals surface area contributed by atoms with E-state index in [1.807, 2.05) is 60.7 Å². The molecule has 0 aromatic heterocycles. The molecule has 2 atom stereocenters. The van der Waals surface area contributed by atoms with Crippen LogP contribution < -0.4 is 0 Å².